The van der Waals surface area contributed by atoms with Gasteiger partial charge in [-0.25, -0.2) is 9.97 Å². The first-order valence-electron chi connectivity index (χ1n) is 13.0. The number of halogens is 1. The van der Waals surface area contributed by atoms with Crippen LogP contribution < -0.4 is 0 Å². The van der Waals surface area contributed by atoms with Crippen LogP contribution in [0.25, 0.3) is 22.3 Å². The number of nitrogens with zero attached hydrogens (tertiary/aromatic N) is 3. The molecule has 1 aliphatic heterocycles. The molecule has 6 heteroatoms. The quantitative estimate of drug-likeness (QED) is 0.239. The molecule has 4 aromatic carbocycles. The van der Waals surface area contributed by atoms with E-state index in [9.17, 15) is 9.59 Å². The molecule has 8 rings (SSSR count). The number of ketones is 2. The van der Waals surface area contributed by atoms with Crippen molar-refractivity contribution in [3.8, 4) is 11.3 Å². The van der Waals surface area contributed by atoms with Crippen molar-refractivity contribution < 1.29 is 9.59 Å². The molecule has 0 bridgehead atoms. The Bertz CT molecular complexity index is 1860. The minimum absolute atomic E-state index is 0.171. The summed E-state index contributed by atoms with van der Waals surface area (Å²) >= 11 is 6.49. The molecule has 1 fully saturated rings. The van der Waals surface area contributed by atoms with Gasteiger partial charge in [-0.1, -0.05) is 84.4 Å². The van der Waals surface area contributed by atoms with E-state index in [0.29, 0.717) is 28.4 Å². The van der Waals surface area contributed by atoms with Crippen LogP contribution >= 0.6 is 11.6 Å². The fourth-order valence-corrected chi connectivity index (χ4v) is 7.79. The first-order valence-corrected chi connectivity index (χ1v) is 13.4. The number of benzene rings is 4. The second-order valence-corrected chi connectivity index (χ2v) is 11.1. The van der Waals surface area contributed by atoms with Crippen molar-refractivity contribution in [2.75, 3.05) is 13.6 Å². The molecule has 39 heavy (non-hydrogen) atoms. The number of Topliss-reactive ketones (excluding diaryl/α,β-unsaturated/α-hetero) is 2. The Morgan fingerprint density at radius 3 is 2.08 bits per heavy atom. The van der Waals surface area contributed by atoms with E-state index in [1.165, 1.54) is 0 Å². The summed E-state index contributed by atoms with van der Waals surface area (Å²) in [6.45, 7) is 0.466. The van der Waals surface area contributed by atoms with Crippen molar-refractivity contribution in [2.24, 2.45) is 5.41 Å². The third kappa shape index (κ3) is 2.55. The number of likely N-dealkylation sites (tertiary alicyclic amines) is 1. The molecule has 0 N–H and O–H groups in total. The van der Waals surface area contributed by atoms with Gasteiger partial charge in [-0.05, 0) is 42.4 Å². The van der Waals surface area contributed by atoms with Crippen LogP contribution in [-0.2, 0) is 5.54 Å². The van der Waals surface area contributed by atoms with Crippen molar-refractivity contribution in [3.63, 3.8) is 0 Å². The summed E-state index contributed by atoms with van der Waals surface area (Å²) in [5, 5.41) is 0.569. The van der Waals surface area contributed by atoms with Crippen LogP contribution in [0.5, 0.6) is 0 Å². The minimum Gasteiger partial charge on any atom is -0.293 e. The number of aromatic nitrogens is 2. The van der Waals surface area contributed by atoms with Gasteiger partial charge in [0.1, 0.15) is 11.0 Å². The van der Waals surface area contributed by atoms with Gasteiger partial charge in [-0.3, -0.25) is 14.5 Å². The molecule has 0 unspecified atom stereocenters. The Morgan fingerprint density at radius 1 is 0.769 bits per heavy atom. The van der Waals surface area contributed by atoms with E-state index < -0.39 is 16.9 Å². The Labute approximate surface area is 230 Å². The number of rotatable bonds is 1. The normalized spacial score (nSPS) is 22.6. The lowest BCUT2D eigenvalue weighted by Crippen LogP contribution is -2.56. The van der Waals surface area contributed by atoms with Gasteiger partial charge in [-0.2, -0.15) is 0 Å². The first-order chi connectivity index (χ1) is 19.0. The summed E-state index contributed by atoms with van der Waals surface area (Å²) in [6.07, 6.45) is 0. The van der Waals surface area contributed by atoms with Gasteiger partial charge < -0.3 is 0 Å². The largest absolute Gasteiger partial charge is 0.293 e. The molecule has 5 aromatic rings. The van der Waals surface area contributed by atoms with Crippen molar-refractivity contribution in [1.29, 1.82) is 0 Å². The molecule has 5 nitrogen and oxygen atoms in total. The number of hydrogen-bond donors (Lipinski definition) is 0. The monoisotopic (exact) mass is 527 g/mol. The fraction of sp³-hybridized carbons (Fsp3) is 0.152. The Hall–Kier alpha value is -4.19. The number of carbonyl (C=O) groups is 2. The van der Waals surface area contributed by atoms with Gasteiger partial charge in [0.15, 0.2) is 11.6 Å². The zero-order chi connectivity index (χ0) is 26.5. The summed E-state index contributed by atoms with van der Waals surface area (Å²) in [5.41, 5.74) is 3.81. The van der Waals surface area contributed by atoms with Crippen molar-refractivity contribution >= 4 is 34.2 Å². The van der Waals surface area contributed by atoms with E-state index in [0.717, 1.165) is 33.4 Å². The van der Waals surface area contributed by atoms with Gasteiger partial charge in [0.25, 0.3) is 0 Å². The lowest BCUT2D eigenvalue weighted by molar-refractivity contribution is 0.0462. The molecule has 3 aliphatic rings. The highest BCUT2D eigenvalue weighted by Gasteiger charge is 2.77. The molecule has 188 valence electrons. The van der Waals surface area contributed by atoms with Crippen molar-refractivity contribution in [3.05, 3.63) is 130 Å². The van der Waals surface area contributed by atoms with E-state index >= 15 is 0 Å². The molecule has 0 amide bonds. The summed E-state index contributed by atoms with van der Waals surface area (Å²) in [6, 6.07) is 30.5. The summed E-state index contributed by atoms with van der Waals surface area (Å²) < 4.78 is 0. The van der Waals surface area contributed by atoms with Crippen LogP contribution in [0.1, 0.15) is 43.5 Å². The lowest BCUT2D eigenvalue weighted by Gasteiger charge is -2.44. The van der Waals surface area contributed by atoms with Crippen LogP contribution in [0.4, 0.5) is 0 Å². The molecule has 2 aliphatic carbocycles. The molecule has 2 spiro atoms. The maximum Gasteiger partial charge on any atom is 0.180 e. The summed E-state index contributed by atoms with van der Waals surface area (Å²) in [4.78, 5) is 42.4. The Balaban J connectivity index is 1.55. The predicted octanol–water partition coefficient (Wildman–Crippen LogP) is 6.30. The van der Waals surface area contributed by atoms with E-state index in [2.05, 4.69) is 4.90 Å². The number of likely N-dealkylation sites (N-methyl/N-ethyl adjacent to an activating group) is 1. The average molecular weight is 528 g/mol. The standard InChI is InChI=1S/C33H22ClN3O2/c1-37-18-25(19-9-8-10-20(34)17-19)32(30(38)21-11-2-3-12-22(21)31(32)39)33(37)24-14-5-4-13-23(24)28-29(33)36-27-16-7-6-15-26(27)35-28/h2-17,25H,18H2,1H3/t25-,33+/m1/s1. The highest BCUT2D eigenvalue weighted by atomic mass is 35.5. The molecule has 0 saturated carbocycles. The molecule has 1 aromatic heterocycles. The summed E-state index contributed by atoms with van der Waals surface area (Å²) in [7, 11) is 2.00. The zero-order valence-electron chi connectivity index (χ0n) is 21.1. The molecule has 1 saturated heterocycles. The number of fused-ring (bicyclic) bond motifs is 8. The molecule has 0 radical (unpaired) electrons. The second kappa shape index (κ2) is 7.69. The highest BCUT2D eigenvalue weighted by molar-refractivity contribution is 6.32. The molecular formula is C33H22ClN3O2. The zero-order valence-corrected chi connectivity index (χ0v) is 21.8. The van der Waals surface area contributed by atoms with Crippen LogP contribution in [0.15, 0.2) is 97.1 Å². The van der Waals surface area contributed by atoms with E-state index in [-0.39, 0.29) is 11.6 Å². The van der Waals surface area contributed by atoms with Crippen LogP contribution in [0.3, 0.4) is 0 Å². The number of para-hydroxylation sites is 2. The Kier molecular flexibility index (Phi) is 4.49. The van der Waals surface area contributed by atoms with Gasteiger partial charge in [0.2, 0.25) is 0 Å². The van der Waals surface area contributed by atoms with E-state index in [1.807, 2.05) is 92.0 Å². The summed E-state index contributed by atoms with van der Waals surface area (Å²) in [5.74, 6) is -0.800. The van der Waals surface area contributed by atoms with Gasteiger partial charge in [0, 0.05) is 34.2 Å². The Morgan fingerprint density at radius 2 is 1.38 bits per heavy atom. The smallest absolute Gasteiger partial charge is 0.180 e. The third-order valence-electron chi connectivity index (χ3n) is 8.99. The van der Waals surface area contributed by atoms with Gasteiger partial charge in [-0.15, -0.1) is 0 Å². The second-order valence-electron chi connectivity index (χ2n) is 10.7. The van der Waals surface area contributed by atoms with Gasteiger partial charge in [0.05, 0.1) is 22.4 Å². The van der Waals surface area contributed by atoms with E-state index in [4.69, 9.17) is 21.6 Å². The third-order valence-corrected chi connectivity index (χ3v) is 9.23. The van der Waals surface area contributed by atoms with Crippen LogP contribution in [0.2, 0.25) is 5.02 Å². The lowest BCUT2D eigenvalue weighted by atomic mass is 9.58. The van der Waals surface area contributed by atoms with Crippen molar-refractivity contribution in [2.45, 2.75) is 11.5 Å². The minimum atomic E-state index is -1.49. The maximum atomic E-state index is 15.0. The molecule has 2 atom stereocenters. The fourth-order valence-electron chi connectivity index (χ4n) is 7.59. The van der Waals surface area contributed by atoms with Crippen LogP contribution in [0, 0.1) is 5.41 Å². The maximum absolute atomic E-state index is 15.0. The number of carbonyl (C=O) groups excluding carboxylic acids is 2. The average Bonchev–Trinajstić information content (AvgIpc) is 3.50. The van der Waals surface area contributed by atoms with Crippen LogP contribution in [-0.4, -0.2) is 40.0 Å². The predicted molar refractivity (Wildman–Crippen MR) is 150 cm³/mol. The van der Waals surface area contributed by atoms with Crippen molar-refractivity contribution in [1.82, 2.24) is 14.9 Å². The molecular weight excluding hydrogens is 506 g/mol. The van der Waals surface area contributed by atoms with E-state index in [1.54, 1.807) is 12.1 Å². The van der Waals surface area contributed by atoms with Gasteiger partial charge >= 0.3 is 0 Å². The topological polar surface area (TPSA) is 63.2 Å². The highest BCUT2D eigenvalue weighted by Crippen LogP contribution is 2.69. The first kappa shape index (κ1) is 22.8. The number of hydrogen-bond acceptors (Lipinski definition) is 5. The molecule has 2 heterocycles. The SMILES string of the molecule is CN1C[C@H](c2cccc(Cl)c2)C2(C(=O)c3ccccc3C2=O)[C@@]12c1ccccc1-c1nc3ccccc3nc12.